The van der Waals surface area contributed by atoms with Crippen LogP contribution in [0.1, 0.15) is 45.7 Å². The number of amides is 1. The molecular formula is C27H32ClN5O6S. The van der Waals surface area contributed by atoms with E-state index in [4.69, 9.17) is 35.9 Å². The first kappa shape index (κ1) is 29.8. The molecule has 0 saturated carbocycles. The van der Waals surface area contributed by atoms with Crippen LogP contribution in [-0.4, -0.2) is 83.6 Å². The minimum Gasteiger partial charge on any atom is -0.480 e. The van der Waals surface area contributed by atoms with Crippen molar-refractivity contribution in [3.63, 3.8) is 0 Å². The average molecular weight is 590 g/mol. The quantitative estimate of drug-likeness (QED) is 0.273. The van der Waals surface area contributed by atoms with Crippen molar-refractivity contribution in [2.45, 2.75) is 33.2 Å². The number of thiophene rings is 1. The summed E-state index contributed by atoms with van der Waals surface area (Å²) in [5.41, 5.74) is 3.86. The van der Waals surface area contributed by atoms with Crippen molar-refractivity contribution in [1.29, 1.82) is 0 Å². The van der Waals surface area contributed by atoms with Gasteiger partial charge in [-0.2, -0.15) is 0 Å². The zero-order valence-corrected chi connectivity index (χ0v) is 24.2. The molecule has 1 aliphatic heterocycles. The monoisotopic (exact) mass is 589 g/mol. The van der Waals surface area contributed by atoms with Crippen LogP contribution in [0.4, 0.5) is 0 Å². The number of hydrogen-bond donors (Lipinski definition) is 2. The highest BCUT2D eigenvalue weighted by Crippen LogP contribution is 2.39. The predicted octanol–water partition coefficient (Wildman–Crippen LogP) is 3.44. The second-order valence-electron chi connectivity index (χ2n) is 9.13. The summed E-state index contributed by atoms with van der Waals surface area (Å²) < 4.78 is 17.7. The van der Waals surface area contributed by atoms with E-state index >= 15 is 0 Å². The SMILES string of the molecule is Cc1sc2c(c1C)C(c1ccc(Cl)cc1)=N[C@@H](CC(=O)NCCOCCOCCOCC(=O)O)c1nnc(C)n1-2. The van der Waals surface area contributed by atoms with E-state index < -0.39 is 12.0 Å². The van der Waals surface area contributed by atoms with E-state index in [1.54, 1.807) is 11.3 Å². The Bertz CT molecular complexity index is 1370. The van der Waals surface area contributed by atoms with Crippen LogP contribution in [0.25, 0.3) is 5.00 Å². The molecule has 0 saturated heterocycles. The second kappa shape index (κ2) is 14.0. The largest absolute Gasteiger partial charge is 0.480 e. The summed E-state index contributed by atoms with van der Waals surface area (Å²) in [6.07, 6.45) is 0.0989. The Kier molecular flexibility index (Phi) is 10.4. The minimum absolute atomic E-state index is 0.0989. The Morgan fingerprint density at radius 1 is 1.02 bits per heavy atom. The van der Waals surface area contributed by atoms with E-state index in [-0.39, 0.29) is 32.1 Å². The number of benzene rings is 1. The van der Waals surface area contributed by atoms with Crippen molar-refractivity contribution in [2.75, 3.05) is 46.2 Å². The molecule has 13 heteroatoms. The number of carbonyl (C=O) groups is 2. The Morgan fingerprint density at radius 3 is 2.40 bits per heavy atom. The summed E-state index contributed by atoms with van der Waals surface area (Å²) in [5, 5.41) is 21.8. The van der Waals surface area contributed by atoms with Gasteiger partial charge in [0, 0.05) is 27.6 Å². The minimum atomic E-state index is -1.02. The van der Waals surface area contributed by atoms with E-state index in [9.17, 15) is 9.59 Å². The number of carbonyl (C=O) groups excluding carboxylic acids is 1. The summed E-state index contributed by atoms with van der Waals surface area (Å²) in [6.45, 7) is 7.54. The van der Waals surface area contributed by atoms with E-state index in [1.165, 1.54) is 4.88 Å². The van der Waals surface area contributed by atoms with Gasteiger partial charge in [0.05, 0.1) is 45.2 Å². The molecule has 0 fully saturated rings. The van der Waals surface area contributed by atoms with Crippen LogP contribution >= 0.6 is 22.9 Å². The van der Waals surface area contributed by atoms with Crippen molar-refractivity contribution in [2.24, 2.45) is 4.99 Å². The van der Waals surface area contributed by atoms with E-state index in [2.05, 4.69) is 29.4 Å². The lowest BCUT2D eigenvalue weighted by molar-refractivity contribution is -0.142. The summed E-state index contributed by atoms with van der Waals surface area (Å²) in [4.78, 5) is 29.6. The van der Waals surface area contributed by atoms with Crippen molar-refractivity contribution in [3.05, 3.63) is 62.5 Å². The molecule has 0 spiro atoms. The second-order valence-corrected chi connectivity index (χ2v) is 10.8. The molecule has 4 rings (SSSR count). The van der Waals surface area contributed by atoms with Crippen LogP contribution in [0.5, 0.6) is 0 Å². The lowest BCUT2D eigenvalue weighted by atomic mass is 9.99. The number of hydrogen-bond acceptors (Lipinski definition) is 9. The van der Waals surface area contributed by atoms with Gasteiger partial charge in [0.25, 0.3) is 0 Å². The van der Waals surface area contributed by atoms with Crippen LogP contribution in [0.15, 0.2) is 29.3 Å². The lowest BCUT2D eigenvalue weighted by Crippen LogP contribution is -2.29. The number of carboxylic acids is 1. The molecule has 3 aromatic rings. The highest BCUT2D eigenvalue weighted by molar-refractivity contribution is 7.15. The normalized spacial score (nSPS) is 14.3. The highest BCUT2D eigenvalue weighted by Gasteiger charge is 2.32. The van der Waals surface area contributed by atoms with Crippen LogP contribution in [-0.2, 0) is 23.8 Å². The first-order valence-corrected chi connectivity index (χ1v) is 14.0. The first-order valence-electron chi connectivity index (χ1n) is 12.8. The first-order chi connectivity index (χ1) is 19.3. The molecule has 11 nitrogen and oxygen atoms in total. The number of aliphatic imine (C=N–C) groups is 1. The molecule has 2 N–H and O–H groups in total. The van der Waals surface area contributed by atoms with E-state index in [0.717, 1.165) is 33.2 Å². The molecule has 1 aromatic carbocycles. The molecule has 0 unspecified atom stereocenters. The molecule has 214 valence electrons. The third-order valence-electron chi connectivity index (χ3n) is 6.27. The number of ether oxygens (including phenoxy) is 3. The number of halogens is 1. The predicted molar refractivity (Wildman–Crippen MR) is 151 cm³/mol. The molecule has 0 aliphatic carbocycles. The van der Waals surface area contributed by atoms with Gasteiger partial charge in [-0.15, -0.1) is 21.5 Å². The van der Waals surface area contributed by atoms with Gasteiger partial charge in [-0.3, -0.25) is 14.4 Å². The molecule has 2 aromatic heterocycles. The maximum atomic E-state index is 13.0. The number of nitrogens with zero attached hydrogens (tertiary/aromatic N) is 4. The molecule has 0 radical (unpaired) electrons. The fourth-order valence-corrected chi connectivity index (χ4v) is 5.58. The molecule has 1 amide bonds. The van der Waals surface area contributed by atoms with Gasteiger partial charge in [-0.1, -0.05) is 23.7 Å². The fourth-order valence-electron chi connectivity index (χ4n) is 4.24. The topological polar surface area (TPSA) is 137 Å². The van der Waals surface area contributed by atoms with E-state index in [1.807, 2.05) is 35.8 Å². The summed E-state index contributed by atoms with van der Waals surface area (Å²) >= 11 is 7.82. The number of fused-ring (bicyclic) bond motifs is 3. The molecule has 0 bridgehead atoms. The zero-order chi connectivity index (χ0) is 28.6. The molecule has 1 atom stereocenters. The van der Waals surface area contributed by atoms with Gasteiger partial charge >= 0.3 is 5.97 Å². The Labute approximate surface area is 241 Å². The third kappa shape index (κ3) is 7.32. The van der Waals surface area contributed by atoms with Crippen LogP contribution < -0.4 is 5.32 Å². The number of aliphatic carboxylic acids is 1. The van der Waals surface area contributed by atoms with Crippen LogP contribution in [0.3, 0.4) is 0 Å². The molecular weight excluding hydrogens is 558 g/mol. The Balaban J connectivity index is 1.38. The standard InChI is InChI=1S/C27H32ClN5O6S/c1-16-17(2)40-27-24(16)25(19-4-6-20(28)7-5-19)30-21(26-32-31-18(3)33(26)27)14-22(34)29-8-9-37-10-11-38-12-13-39-15-23(35)36/h4-7,21H,8-15H2,1-3H3,(H,29,34)(H,35,36)/t21-/m0/s1. The number of rotatable bonds is 14. The average Bonchev–Trinajstić information content (AvgIpc) is 3.39. The van der Waals surface area contributed by atoms with Crippen LogP contribution in [0.2, 0.25) is 5.02 Å². The number of nitrogens with one attached hydrogen (secondary N) is 1. The zero-order valence-electron chi connectivity index (χ0n) is 22.6. The van der Waals surface area contributed by atoms with Gasteiger partial charge in [-0.25, -0.2) is 4.79 Å². The summed E-state index contributed by atoms with van der Waals surface area (Å²) in [6, 6.07) is 7.02. The number of carboxylic acid groups (broad SMARTS) is 1. The smallest absolute Gasteiger partial charge is 0.329 e. The van der Waals surface area contributed by atoms with Crippen molar-refractivity contribution < 1.29 is 28.9 Å². The Hall–Kier alpha value is -3.16. The van der Waals surface area contributed by atoms with Crippen molar-refractivity contribution in [3.8, 4) is 5.00 Å². The van der Waals surface area contributed by atoms with Gasteiger partial charge in [-0.05, 0) is 38.5 Å². The van der Waals surface area contributed by atoms with Crippen molar-refractivity contribution >= 4 is 40.5 Å². The van der Waals surface area contributed by atoms with Crippen LogP contribution in [0, 0.1) is 20.8 Å². The lowest BCUT2D eigenvalue weighted by Gasteiger charge is -2.13. The number of aromatic nitrogens is 3. The highest BCUT2D eigenvalue weighted by atomic mass is 35.5. The maximum Gasteiger partial charge on any atom is 0.329 e. The van der Waals surface area contributed by atoms with Gasteiger partial charge in [0.1, 0.15) is 23.5 Å². The third-order valence-corrected chi connectivity index (χ3v) is 7.72. The van der Waals surface area contributed by atoms with Gasteiger partial charge < -0.3 is 24.6 Å². The molecule has 40 heavy (non-hydrogen) atoms. The van der Waals surface area contributed by atoms with Gasteiger partial charge in [0.2, 0.25) is 5.91 Å². The van der Waals surface area contributed by atoms with Crippen molar-refractivity contribution in [1.82, 2.24) is 20.1 Å². The summed E-state index contributed by atoms with van der Waals surface area (Å²) in [7, 11) is 0. The Morgan fingerprint density at radius 2 is 1.70 bits per heavy atom. The summed E-state index contributed by atoms with van der Waals surface area (Å²) in [5.74, 6) is 0.168. The maximum absolute atomic E-state index is 13.0. The van der Waals surface area contributed by atoms with E-state index in [0.29, 0.717) is 37.2 Å². The molecule has 3 heterocycles. The number of aryl methyl sites for hydroxylation is 2. The molecule has 1 aliphatic rings. The van der Waals surface area contributed by atoms with Gasteiger partial charge in [0.15, 0.2) is 5.82 Å². The fraction of sp³-hybridized carbons (Fsp3) is 0.444.